The van der Waals surface area contributed by atoms with Crippen LogP contribution in [-0.4, -0.2) is 4.98 Å². The van der Waals surface area contributed by atoms with E-state index in [1.165, 1.54) is 10.9 Å². The SMILES string of the molecule is Cc1ccc2ccccc2c1N.Cc1cccnc1. The van der Waals surface area contributed by atoms with Crippen LogP contribution in [0.5, 0.6) is 0 Å². The Morgan fingerprint density at radius 3 is 2.32 bits per heavy atom. The second-order valence-corrected chi connectivity index (χ2v) is 4.55. The van der Waals surface area contributed by atoms with Crippen molar-refractivity contribution in [3.8, 4) is 0 Å². The number of rotatable bonds is 0. The van der Waals surface area contributed by atoms with Gasteiger partial charge in [-0.3, -0.25) is 4.98 Å². The molecule has 0 amide bonds. The maximum Gasteiger partial charge on any atom is 0.0423 e. The summed E-state index contributed by atoms with van der Waals surface area (Å²) in [6.07, 6.45) is 3.60. The minimum Gasteiger partial charge on any atom is -0.398 e. The summed E-state index contributed by atoms with van der Waals surface area (Å²) in [6, 6.07) is 16.3. The van der Waals surface area contributed by atoms with Crippen molar-refractivity contribution < 1.29 is 0 Å². The number of fused-ring (bicyclic) bond motifs is 1. The van der Waals surface area contributed by atoms with Gasteiger partial charge in [-0.25, -0.2) is 0 Å². The van der Waals surface area contributed by atoms with Gasteiger partial charge in [0.1, 0.15) is 0 Å². The maximum absolute atomic E-state index is 5.92. The standard InChI is InChI=1S/C11H11N.C6H7N/c1-8-6-7-9-4-2-3-5-10(9)11(8)12;1-6-3-2-4-7-5-6/h2-7H,12H2,1H3;2-5H,1H3. The summed E-state index contributed by atoms with van der Waals surface area (Å²) in [6.45, 7) is 4.05. The van der Waals surface area contributed by atoms with Gasteiger partial charge < -0.3 is 5.73 Å². The molecule has 0 atom stereocenters. The molecule has 0 aliphatic carbocycles. The van der Waals surface area contributed by atoms with Crippen molar-refractivity contribution in [3.05, 3.63) is 72.1 Å². The van der Waals surface area contributed by atoms with Gasteiger partial charge in [0, 0.05) is 23.5 Å². The molecule has 2 aromatic carbocycles. The minimum absolute atomic E-state index is 0.896. The number of nitrogen functional groups attached to an aromatic ring is 1. The molecular weight excluding hydrogens is 232 g/mol. The number of aromatic nitrogens is 1. The maximum atomic E-state index is 5.92. The lowest BCUT2D eigenvalue weighted by Crippen LogP contribution is -1.90. The lowest BCUT2D eigenvalue weighted by Gasteiger charge is -2.03. The molecule has 0 bridgehead atoms. The van der Waals surface area contributed by atoms with Crippen molar-refractivity contribution in [3.63, 3.8) is 0 Å². The molecule has 2 N–H and O–H groups in total. The van der Waals surface area contributed by atoms with Gasteiger partial charge in [-0.1, -0.05) is 42.5 Å². The predicted octanol–water partition coefficient (Wildman–Crippen LogP) is 4.12. The van der Waals surface area contributed by atoms with Gasteiger partial charge in [-0.05, 0) is 36.4 Å². The van der Waals surface area contributed by atoms with Crippen molar-refractivity contribution in [2.24, 2.45) is 0 Å². The normalized spacial score (nSPS) is 9.79. The molecule has 0 saturated heterocycles. The zero-order valence-corrected chi connectivity index (χ0v) is 11.3. The molecule has 0 aliphatic rings. The average molecular weight is 250 g/mol. The molecule has 2 heteroatoms. The van der Waals surface area contributed by atoms with Crippen LogP contribution in [0.15, 0.2) is 60.9 Å². The molecular formula is C17H18N2. The van der Waals surface area contributed by atoms with E-state index in [4.69, 9.17) is 5.73 Å². The van der Waals surface area contributed by atoms with Gasteiger partial charge in [-0.15, -0.1) is 0 Å². The predicted molar refractivity (Wildman–Crippen MR) is 82.1 cm³/mol. The second-order valence-electron chi connectivity index (χ2n) is 4.55. The first kappa shape index (κ1) is 13.1. The molecule has 1 heterocycles. The number of hydrogen-bond donors (Lipinski definition) is 1. The van der Waals surface area contributed by atoms with Crippen LogP contribution in [0, 0.1) is 13.8 Å². The van der Waals surface area contributed by atoms with Crippen LogP contribution in [0.4, 0.5) is 5.69 Å². The molecule has 96 valence electrons. The number of pyridine rings is 1. The zero-order valence-electron chi connectivity index (χ0n) is 11.3. The van der Waals surface area contributed by atoms with E-state index in [1.54, 1.807) is 6.20 Å². The van der Waals surface area contributed by atoms with Gasteiger partial charge in [-0.2, -0.15) is 0 Å². The number of hydrogen-bond acceptors (Lipinski definition) is 2. The fourth-order valence-electron chi connectivity index (χ4n) is 1.85. The van der Waals surface area contributed by atoms with E-state index in [2.05, 4.69) is 29.2 Å². The first-order valence-corrected chi connectivity index (χ1v) is 6.29. The van der Waals surface area contributed by atoms with Gasteiger partial charge in [0.05, 0.1) is 0 Å². The van der Waals surface area contributed by atoms with Crippen LogP contribution < -0.4 is 5.73 Å². The molecule has 0 aliphatic heterocycles. The highest BCUT2D eigenvalue weighted by molar-refractivity contribution is 5.94. The van der Waals surface area contributed by atoms with Crippen molar-refractivity contribution >= 4 is 16.5 Å². The number of nitrogens with zero attached hydrogens (tertiary/aromatic N) is 1. The molecule has 19 heavy (non-hydrogen) atoms. The van der Waals surface area contributed by atoms with E-state index in [0.29, 0.717) is 0 Å². The molecule has 0 saturated carbocycles. The van der Waals surface area contributed by atoms with Crippen molar-refractivity contribution in [2.45, 2.75) is 13.8 Å². The van der Waals surface area contributed by atoms with Gasteiger partial charge >= 0.3 is 0 Å². The van der Waals surface area contributed by atoms with E-state index in [-0.39, 0.29) is 0 Å². The Morgan fingerprint density at radius 1 is 0.895 bits per heavy atom. The Balaban J connectivity index is 0.000000163. The summed E-state index contributed by atoms with van der Waals surface area (Å²) in [5.41, 5.74) is 9.17. The molecule has 0 fully saturated rings. The van der Waals surface area contributed by atoms with Crippen molar-refractivity contribution in [1.82, 2.24) is 4.98 Å². The first-order valence-electron chi connectivity index (χ1n) is 6.29. The molecule has 1 aromatic heterocycles. The summed E-state index contributed by atoms with van der Waals surface area (Å²) in [7, 11) is 0. The quantitative estimate of drug-likeness (QED) is 0.609. The van der Waals surface area contributed by atoms with Gasteiger partial charge in [0.25, 0.3) is 0 Å². The third-order valence-electron chi connectivity index (χ3n) is 3.00. The summed E-state index contributed by atoms with van der Waals surface area (Å²) in [5.74, 6) is 0. The van der Waals surface area contributed by atoms with Crippen LogP contribution in [-0.2, 0) is 0 Å². The van der Waals surface area contributed by atoms with Crippen LogP contribution in [0.25, 0.3) is 10.8 Å². The van der Waals surface area contributed by atoms with E-state index in [9.17, 15) is 0 Å². The Bertz CT molecular complexity index is 660. The van der Waals surface area contributed by atoms with E-state index in [0.717, 1.165) is 16.6 Å². The minimum atomic E-state index is 0.896. The summed E-state index contributed by atoms with van der Waals surface area (Å²) in [4.78, 5) is 3.88. The Hall–Kier alpha value is -2.35. The molecule has 2 nitrogen and oxygen atoms in total. The van der Waals surface area contributed by atoms with E-state index in [1.807, 2.05) is 44.3 Å². The van der Waals surface area contributed by atoms with Gasteiger partial charge in [0.15, 0.2) is 0 Å². The van der Waals surface area contributed by atoms with Gasteiger partial charge in [0.2, 0.25) is 0 Å². The lowest BCUT2D eigenvalue weighted by molar-refractivity contribution is 1.27. The van der Waals surface area contributed by atoms with Crippen LogP contribution >= 0.6 is 0 Å². The summed E-state index contributed by atoms with van der Waals surface area (Å²) >= 11 is 0. The zero-order chi connectivity index (χ0) is 13.7. The number of aryl methyl sites for hydroxylation is 2. The third-order valence-corrected chi connectivity index (χ3v) is 3.00. The Labute approximate surface area is 113 Å². The molecule has 0 unspecified atom stereocenters. The Morgan fingerprint density at radius 2 is 1.68 bits per heavy atom. The third kappa shape index (κ3) is 3.32. The topological polar surface area (TPSA) is 38.9 Å². The monoisotopic (exact) mass is 250 g/mol. The van der Waals surface area contributed by atoms with Crippen molar-refractivity contribution in [2.75, 3.05) is 5.73 Å². The fourth-order valence-corrected chi connectivity index (χ4v) is 1.85. The molecule has 0 radical (unpaired) electrons. The Kier molecular flexibility index (Phi) is 4.14. The first-order chi connectivity index (χ1) is 9.18. The van der Waals surface area contributed by atoms with Crippen LogP contribution in [0.1, 0.15) is 11.1 Å². The fraction of sp³-hybridized carbons (Fsp3) is 0.118. The lowest BCUT2D eigenvalue weighted by atomic mass is 10.1. The van der Waals surface area contributed by atoms with Crippen LogP contribution in [0.2, 0.25) is 0 Å². The van der Waals surface area contributed by atoms with Crippen molar-refractivity contribution in [1.29, 1.82) is 0 Å². The summed E-state index contributed by atoms with van der Waals surface area (Å²) < 4.78 is 0. The number of anilines is 1. The number of nitrogens with two attached hydrogens (primary N) is 1. The molecule has 0 spiro atoms. The second kappa shape index (κ2) is 6.01. The van der Waals surface area contributed by atoms with E-state index >= 15 is 0 Å². The average Bonchev–Trinajstić information content (AvgIpc) is 2.45. The number of benzene rings is 2. The highest BCUT2D eigenvalue weighted by atomic mass is 14.6. The van der Waals surface area contributed by atoms with Crippen LogP contribution in [0.3, 0.4) is 0 Å². The van der Waals surface area contributed by atoms with E-state index < -0.39 is 0 Å². The largest absolute Gasteiger partial charge is 0.398 e. The molecule has 3 aromatic rings. The molecule has 3 rings (SSSR count). The highest BCUT2D eigenvalue weighted by Gasteiger charge is 1.98. The smallest absolute Gasteiger partial charge is 0.0423 e. The summed E-state index contributed by atoms with van der Waals surface area (Å²) in [5, 5.41) is 2.36. The highest BCUT2D eigenvalue weighted by Crippen LogP contribution is 2.23.